The molecule has 9 heteroatoms. The van der Waals surface area contributed by atoms with E-state index in [4.69, 9.17) is 9.47 Å². The van der Waals surface area contributed by atoms with Crippen LogP contribution in [0.1, 0.15) is 11.4 Å². The molecule has 148 valence electrons. The van der Waals surface area contributed by atoms with Gasteiger partial charge in [0.25, 0.3) is 5.69 Å². The minimum atomic E-state index is -0.521. The summed E-state index contributed by atoms with van der Waals surface area (Å²) in [7, 11) is 0. The number of nitrogens with one attached hydrogen (secondary N) is 1. The van der Waals surface area contributed by atoms with Crippen LogP contribution in [-0.2, 0) is 11.3 Å². The van der Waals surface area contributed by atoms with Crippen molar-refractivity contribution in [1.82, 2.24) is 14.9 Å². The molecule has 1 aliphatic heterocycles. The molecule has 3 aromatic rings. The number of aromatic nitrogens is 2. The summed E-state index contributed by atoms with van der Waals surface area (Å²) in [6.45, 7) is 2.90. The topological polar surface area (TPSA) is 109 Å². The molecule has 2 heterocycles. The van der Waals surface area contributed by atoms with Gasteiger partial charge in [0, 0.05) is 19.2 Å². The van der Waals surface area contributed by atoms with Gasteiger partial charge in [-0.1, -0.05) is 12.1 Å². The summed E-state index contributed by atoms with van der Waals surface area (Å²) in [6.07, 6.45) is 2.66. The number of carbonyl (C=O) groups is 1. The molecule has 0 bridgehead atoms. The number of imidazole rings is 1. The minimum absolute atomic E-state index is 0.0164. The Labute approximate surface area is 165 Å². The van der Waals surface area contributed by atoms with E-state index < -0.39 is 4.92 Å². The van der Waals surface area contributed by atoms with Crippen LogP contribution in [0, 0.1) is 17.0 Å². The summed E-state index contributed by atoms with van der Waals surface area (Å²) in [5, 5.41) is 14.1. The van der Waals surface area contributed by atoms with Crippen LogP contribution >= 0.6 is 0 Å². The molecule has 2 aromatic carbocycles. The third-order valence-corrected chi connectivity index (χ3v) is 4.61. The summed E-state index contributed by atoms with van der Waals surface area (Å²) < 4.78 is 12.4. The highest BCUT2D eigenvalue weighted by molar-refractivity contribution is 5.92. The Hall–Kier alpha value is -3.88. The first-order chi connectivity index (χ1) is 14.0. The summed E-state index contributed by atoms with van der Waals surface area (Å²) in [6, 6.07) is 10.6. The Bertz CT molecular complexity index is 1140. The molecule has 1 amide bonds. The van der Waals surface area contributed by atoms with Gasteiger partial charge in [-0.05, 0) is 31.2 Å². The van der Waals surface area contributed by atoms with Gasteiger partial charge in [-0.25, -0.2) is 4.98 Å². The molecule has 0 saturated heterocycles. The van der Waals surface area contributed by atoms with Gasteiger partial charge in [0.05, 0.1) is 27.6 Å². The number of ether oxygens (including phenoxy) is 2. The molecule has 0 fully saturated rings. The Morgan fingerprint density at radius 1 is 1.31 bits per heavy atom. The Kier molecular flexibility index (Phi) is 4.86. The van der Waals surface area contributed by atoms with Gasteiger partial charge >= 0.3 is 0 Å². The van der Waals surface area contributed by atoms with Crippen molar-refractivity contribution in [2.24, 2.45) is 0 Å². The molecule has 1 aromatic heterocycles. The predicted octanol–water partition coefficient (Wildman–Crippen LogP) is 2.81. The maximum absolute atomic E-state index is 12.2. The van der Waals surface area contributed by atoms with E-state index in [2.05, 4.69) is 10.3 Å². The Balaban J connectivity index is 1.42. The normalized spacial score (nSPS) is 12.6. The maximum atomic E-state index is 12.2. The van der Waals surface area contributed by atoms with E-state index in [0.717, 1.165) is 16.9 Å². The lowest BCUT2D eigenvalue weighted by Gasteiger charge is -2.07. The summed E-state index contributed by atoms with van der Waals surface area (Å²) in [4.78, 5) is 27.4. The zero-order chi connectivity index (χ0) is 20.4. The van der Waals surface area contributed by atoms with Crippen molar-refractivity contribution in [3.8, 4) is 11.5 Å². The van der Waals surface area contributed by atoms with Crippen LogP contribution < -0.4 is 14.8 Å². The molecular weight excluding hydrogens is 376 g/mol. The van der Waals surface area contributed by atoms with Crippen LogP contribution in [0.15, 0.2) is 42.5 Å². The van der Waals surface area contributed by atoms with Gasteiger partial charge < -0.3 is 19.4 Å². The molecule has 1 aliphatic rings. The Morgan fingerprint density at radius 3 is 2.86 bits per heavy atom. The highest BCUT2D eigenvalue weighted by Crippen LogP contribution is 2.38. The molecule has 9 nitrogen and oxygen atoms in total. The van der Waals surface area contributed by atoms with Gasteiger partial charge in [-0.2, -0.15) is 0 Å². The van der Waals surface area contributed by atoms with E-state index in [-0.39, 0.29) is 24.0 Å². The second-order valence-corrected chi connectivity index (χ2v) is 6.45. The highest BCUT2D eigenvalue weighted by atomic mass is 16.7. The Morgan fingerprint density at radius 2 is 2.07 bits per heavy atom. The largest absolute Gasteiger partial charge is 0.454 e. The second-order valence-electron chi connectivity index (χ2n) is 6.45. The minimum Gasteiger partial charge on any atom is -0.454 e. The number of aryl methyl sites for hydroxylation is 1. The number of benzene rings is 2. The van der Waals surface area contributed by atoms with Crippen molar-refractivity contribution in [3.05, 3.63) is 64.0 Å². The van der Waals surface area contributed by atoms with E-state index in [0.29, 0.717) is 24.6 Å². The second kappa shape index (κ2) is 7.63. The van der Waals surface area contributed by atoms with Crippen LogP contribution in [0.25, 0.3) is 17.1 Å². The number of amides is 1. The average molecular weight is 394 g/mol. The molecule has 1 N–H and O–H groups in total. The number of rotatable bonds is 6. The average Bonchev–Trinajstić information content (AvgIpc) is 3.29. The zero-order valence-corrected chi connectivity index (χ0v) is 15.6. The number of nitro benzene ring substituents is 1. The van der Waals surface area contributed by atoms with Crippen LogP contribution in [0.5, 0.6) is 11.5 Å². The maximum Gasteiger partial charge on any atom is 0.280 e. The quantitative estimate of drug-likeness (QED) is 0.391. The van der Waals surface area contributed by atoms with Crippen molar-refractivity contribution in [2.45, 2.75) is 13.5 Å². The molecular formula is C20H18N4O5. The molecule has 0 aliphatic carbocycles. The number of para-hydroxylation sites is 2. The van der Waals surface area contributed by atoms with Gasteiger partial charge in [-0.15, -0.1) is 0 Å². The smallest absolute Gasteiger partial charge is 0.280 e. The highest BCUT2D eigenvalue weighted by Gasteiger charge is 2.22. The third-order valence-electron chi connectivity index (χ3n) is 4.61. The summed E-state index contributed by atoms with van der Waals surface area (Å²) >= 11 is 0. The number of hydrogen-bond acceptors (Lipinski definition) is 6. The molecule has 0 saturated carbocycles. The number of hydrogen-bond donors (Lipinski definition) is 1. The number of fused-ring (bicyclic) bond motifs is 2. The molecule has 4 rings (SSSR count). The zero-order valence-electron chi connectivity index (χ0n) is 15.6. The standard InChI is InChI=1S/C20H18N4O5/c1-13-22-15-4-2-3-5-16(15)23(13)9-8-21-20(25)7-6-14-10-18-19(29-12-28-18)11-17(14)24(26)27/h2-7,10-11H,8-9,12H2,1H3,(H,21,25). The van der Waals surface area contributed by atoms with Gasteiger partial charge in [0.2, 0.25) is 12.7 Å². The number of carbonyl (C=O) groups excluding carboxylic acids is 1. The van der Waals surface area contributed by atoms with Crippen LogP contribution in [0.3, 0.4) is 0 Å². The monoisotopic (exact) mass is 394 g/mol. The van der Waals surface area contributed by atoms with Gasteiger partial charge in [-0.3, -0.25) is 14.9 Å². The van der Waals surface area contributed by atoms with Crippen LogP contribution in [-0.4, -0.2) is 33.7 Å². The fourth-order valence-electron chi connectivity index (χ4n) is 3.23. The lowest BCUT2D eigenvalue weighted by molar-refractivity contribution is -0.385. The van der Waals surface area contributed by atoms with Crippen molar-refractivity contribution in [3.63, 3.8) is 0 Å². The van der Waals surface area contributed by atoms with Crippen molar-refractivity contribution in [2.75, 3.05) is 13.3 Å². The first kappa shape index (κ1) is 18.5. The SMILES string of the molecule is Cc1nc2ccccc2n1CCNC(=O)C=Cc1cc2c(cc1[N+](=O)[O-])OCO2. The fourth-order valence-corrected chi connectivity index (χ4v) is 3.23. The first-order valence-corrected chi connectivity index (χ1v) is 8.99. The first-order valence-electron chi connectivity index (χ1n) is 8.99. The van der Waals surface area contributed by atoms with E-state index >= 15 is 0 Å². The lowest BCUT2D eigenvalue weighted by Crippen LogP contribution is -2.25. The fraction of sp³-hybridized carbons (Fsp3) is 0.200. The van der Waals surface area contributed by atoms with Crippen molar-refractivity contribution in [1.29, 1.82) is 0 Å². The molecule has 0 atom stereocenters. The number of nitro groups is 1. The molecule has 0 unspecified atom stereocenters. The van der Waals surface area contributed by atoms with Gasteiger partial charge in [0.15, 0.2) is 11.5 Å². The molecule has 0 radical (unpaired) electrons. The van der Waals surface area contributed by atoms with Crippen molar-refractivity contribution < 1.29 is 19.2 Å². The summed E-state index contributed by atoms with van der Waals surface area (Å²) in [5.74, 6) is 1.25. The van der Waals surface area contributed by atoms with Crippen LogP contribution in [0.2, 0.25) is 0 Å². The number of nitrogens with zero attached hydrogens (tertiary/aromatic N) is 3. The predicted molar refractivity (Wildman–Crippen MR) is 106 cm³/mol. The van der Waals surface area contributed by atoms with Crippen LogP contribution in [0.4, 0.5) is 5.69 Å². The van der Waals surface area contributed by atoms with E-state index in [1.165, 1.54) is 24.3 Å². The summed E-state index contributed by atoms with van der Waals surface area (Å²) in [5.41, 5.74) is 2.03. The van der Waals surface area contributed by atoms with Crippen molar-refractivity contribution >= 4 is 28.7 Å². The van der Waals surface area contributed by atoms with E-state index in [9.17, 15) is 14.9 Å². The molecule has 29 heavy (non-hydrogen) atoms. The lowest BCUT2D eigenvalue weighted by atomic mass is 10.1. The van der Waals surface area contributed by atoms with E-state index in [1.807, 2.05) is 35.8 Å². The third kappa shape index (κ3) is 3.75. The molecule has 0 spiro atoms. The van der Waals surface area contributed by atoms with Gasteiger partial charge in [0.1, 0.15) is 5.82 Å². The van der Waals surface area contributed by atoms with E-state index in [1.54, 1.807) is 0 Å².